The fourth-order valence-corrected chi connectivity index (χ4v) is 10.2. The van der Waals surface area contributed by atoms with E-state index in [-0.39, 0.29) is 46.6 Å². The number of hydrogen-bond acceptors (Lipinski definition) is 15. The van der Waals surface area contributed by atoms with Crippen molar-refractivity contribution in [3.63, 3.8) is 0 Å². The molecule has 1 aliphatic heterocycles. The van der Waals surface area contributed by atoms with Gasteiger partial charge in [-0.25, -0.2) is 9.59 Å². The van der Waals surface area contributed by atoms with E-state index in [1.165, 1.54) is 62.4 Å². The van der Waals surface area contributed by atoms with Gasteiger partial charge in [-0.15, -0.1) is 0 Å². The van der Waals surface area contributed by atoms with Crippen LogP contribution >= 0.6 is 0 Å². The molecule has 5 N–H and O–H groups in total. The first-order valence-electron chi connectivity index (χ1n) is 20.6. The van der Waals surface area contributed by atoms with Gasteiger partial charge in [-0.1, -0.05) is 62.4 Å². The first kappa shape index (κ1) is 45.1. The standard InChI is InChI=1S/C47H51NO15/c1-24-31(61-43(57)36(53)35(27-17-19-30(51)20-18-27)48-41(55)28-13-9-7-10-14-28)22-47(58)40(62-42(56)29-15-11-8-12-16-29)38-45(6,32(52)21-33-46(38,23-59-33)63-26(3)50)39(54)37(60-25(2)49)34(24)44(47,4)5/h7-20,31-33,35-38,40,51-53,58H,21-23H2,1-6H3,(H,48,55)/t31-,32-,33?,35+,36+,37+,38-,40-,45+,46-,47+/m0/s1. The molecular formula is C47H51NO15. The first-order valence-corrected chi connectivity index (χ1v) is 20.6. The van der Waals surface area contributed by atoms with Crippen LogP contribution in [-0.4, -0.2) is 110 Å². The Labute approximate surface area is 363 Å². The van der Waals surface area contributed by atoms with Gasteiger partial charge in [0, 0.05) is 37.7 Å². The third-order valence-corrected chi connectivity index (χ3v) is 13.6. The third kappa shape index (κ3) is 7.58. The van der Waals surface area contributed by atoms with Gasteiger partial charge in [-0.3, -0.25) is 19.2 Å². The van der Waals surface area contributed by atoms with E-state index in [1.807, 2.05) is 0 Å². The van der Waals surface area contributed by atoms with Crippen LogP contribution in [0.25, 0.3) is 0 Å². The van der Waals surface area contributed by atoms with Crippen molar-refractivity contribution >= 4 is 35.6 Å². The molecule has 16 heteroatoms. The summed E-state index contributed by atoms with van der Waals surface area (Å²) in [5, 5.41) is 50.2. The number of amides is 1. The van der Waals surface area contributed by atoms with E-state index in [2.05, 4.69) is 5.32 Å². The van der Waals surface area contributed by atoms with E-state index in [0.717, 1.165) is 13.8 Å². The molecule has 7 rings (SSSR count). The molecular weight excluding hydrogens is 819 g/mol. The van der Waals surface area contributed by atoms with Crippen LogP contribution in [0.15, 0.2) is 96.1 Å². The fraction of sp³-hybridized carbons (Fsp3) is 0.447. The van der Waals surface area contributed by atoms with Crippen molar-refractivity contribution in [1.29, 1.82) is 0 Å². The topological polar surface area (TPSA) is 242 Å². The molecule has 0 aromatic heterocycles. The highest BCUT2D eigenvalue weighted by atomic mass is 16.6. The van der Waals surface area contributed by atoms with Gasteiger partial charge < -0.3 is 49.4 Å². The molecule has 63 heavy (non-hydrogen) atoms. The Bertz CT molecular complexity index is 2330. The normalized spacial score (nSPS) is 31.5. The van der Waals surface area contributed by atoms with Gasteiger partial charge in [0.05, 0.1) is 35.6 Å². The quantitative estimate of drug-likeness (QED) is 0.111. The van der Waals surface area contributed by atoms with Crippen molar-refractivity contribution in [3.05, 3.63) is 113 Å². The number of fused-ring (bicyclic) bond motifs is 5. The number of aliphatic hydroxyl groups is 3. The number of phenols is 1. The highest BCUT2D eigenvalue weighted by Gasteiger charge is 2.78. The number of ketones is 1. The molecule has 11 atom stereocenters. The largest absolute Gasteiger partial charge is 0.508 e. The minimum Gasteiger partial charge on any atom is -0.508 e. The average Bonchev–Trinajstić information content (AvgIpc) is 3.24. The molecule has 1 unspecified atom stereocenters. The van der Waals surface area contributed by atoms with E-state index >= 15 is 4.79 Å². The molecule has 3 aromatic rings. The number of ether oxygens (including phenoxy) is 5. The molecule has 16 nitrogen and oxygen atoms in total. The highest BCUT2D eigenvalue weighted by molar-refractivity contribution is 5.96. The van der Waals surface area contributed by atoms with E-state index in [4.69, 9.17) is 23.7 Å². The van der Waals surface area contributed by atoms with E-state index in [9.17, 15) is 44.4 Å². The number of rotatable bonds is 10. The number of carbonyl (C=O) groups excluding carboxylic acids is 6. The zero-order valence-corrected chi connectivity index (χ0v) is 35.6. The predicted molar refractivity (Wildman–Crippen MR) is 219 cm³/mol. The molecule has 2 bridgehead atoms. The van der Waals surface area contributed by atoms with Crippen LogP contribution in [0.4, 0.5) is 0 Å². The smallest absolute Gasteiger partial charge is 0.338 e. The van der Waals surface area contributed by atoms with Crippen LogP contribution in [0, 0.1) is 16.7 Å². The van der Waals surface area contributed by atoms with Crippen molar-refractivity contribution in [2.24, 2.45) is 16.7 Å². The average molecular weight is 870 g/mol. The van der Waals surface area contributed by atoms with Gasteiger partial charge in [0.1, 0.15) is 29.7 Å². The van der Waals surface area contributed by atoms with Crippen LogP contribution in [0.5, 0.6) is 5.75 Å². The van der Waals surface area contributed by atoms with E-state index in [0.29, 0.717) is 0 Å². The van der Waals surface area contributed by atoms with Gasteiger partial charge in [0.25, 0.3) is 5.91 Å². The maximum atomic E-state index is 15.5. The summed E-state index contributed by atoms with van der Waals surface area (Å²) in [6.45, 7) is 7.86. The number of nitrogens with one attached hydrogen (secondary N) is 1. The van der Waals surface area contributed by atoms with Gasteiger partial charge >= 0.3 is 23.9 Å². The maximum Gasteiger partial charge on any atom is 0.338 e. The maximum absolute atomic E-state index is 15.5. The summed E-state index contributed by atoms with van der Waals surface area (Å²) in [5.74, 6) is -7.18. The van der Waals surface area contributed by atoms with Gasteiger partial charge in [-0.05, 0) is 67.0 Å². The molecule has 0 spiro atoms. The van der Waals surface area contributed by atoms with E-state index < -0.39 is 113 Å². The highest BCUT2D eigenvalue weighted by Crippen LogP contribution is 2.64. The number of carbonyl (C=O) groups is 6. The Morgan fingerprint density at radius 2 is 1.44 bits per heavy atom. The monoisotopic (exact) mass is 869 g/mol. The van der Waals surface area contributed by atoms with Crippen molar-refractivity contribution in [2.45, 2.75) is 108 Å². The van der Waals surface area contributed by atoms with Crippen LogP contribution in [0.3, 0.4) is 0 Å². The van der Waals surface area contributed by atoms with Gasteiger partial charge in [-0.2, -0.15) is 0 Å². The second-order valence-corrected chi connectivity index (χ2v) is 17.5. The van der Waals surface area contributed by atoms with Crippen molar-refractivity contribution < 1.29 is 72.9 Å². The summed E-state index contributed by atoms with van der Waals surface area (Å²) in [6.07, 6.45) is -10.8. The zero-order chi connectivity index (χ0) is 45.8. The Balaban J connectivity index is 1.39. The summed E-state index contributed by atoms with van der Waals surface area (Å²) in [4.78, 5) is 83.5. The molecule has 2 saturated carbocycles. The molecule has 1 saturated heterocycles. The number of benzene rings is 3. The van der Waals surface area contributed by atoms with Crippen molar-refractivity contribution in [1.82, 2.24) is 5.32 Å². The molecule has 4 aliphatic rings. The SMILES string of the molecule is CC(=O)O[C@H]1C(=O)[C@]2(C)[C@@H](O)CC3OC[C@@]3(OC(C)=O)[C@H]2[C@H](OC(=O)c2ccccc2)[C@]2(O)C[C@H](OC(=O)[C@H](O)[C@H](NC(=O)c3ccccc3)c3ccc(O)cc3)C(C)=C1C2(C)C. The first-order chi connectivity index (χ1) is 29.7. The number of hydrogen-bond donors (Lipinski definition) is 5. The van der Waals surface area contributed by atoms with Crippen LogP contribution in [-0.2, 0) is 42.9 Å². The summed E-state index contributed by atoms with van der Waals surface area (Å²) < 4.78 is 30.2. The van der Waals surface area contributed by atoms with Crippen molar-refractivity contribution in [2.75, 3.05) is 6.61 Å². The minimum absolute atomic E-state index is 0.0302. The van der Waals surface area contributed by atoms with Crippen LogP contribution in [0.1, 0.15) is 86.7 Å². The lowest BCUT2D eigenvalue weighted by atomic mass is 9.44. The fourth-order valence-electron chi connectivity index (χ4n) is 10.2. The number of phenolic OH excluding ortho intramolecular Hbond substituents is 1. The van der Waals surface area contributed by atoms with Crippen LogP contribution < -0.4 is 5.32 Å². The summed E-state index contributed by atoms with van der Waals surface area (Å²) in [5.41, 5.74) is -7.39. The summed E-state index contributed by atoms with van der Waals surface area (Å²) >= 11 is 0. The van der Waals surface area contributed by atoms with E-state index in [1.54, 1.807) is 50.2 Å². The molecule has 0 radical (unpaired) electrons. The number of aromatic hydroxyl groups is 1. The summed E-state index contributed by atoms with van der Waals surface area (Å²) in [7, 11) is 0. The van der Waals surface area contributed by atoms with Gasteiger partial charge in [0.15, 0.2) is 23.6 Å². The Morgan fingerprint density at radius 3 is 2.00 bits per heavy atom. The minimum atomic E-state index is -2.42. The molecule has 1 amide bonds. The number of aliphatic hydroxyl groups excluding tert-OH is 2. The molecule has 3 fully saturated rings. The second-order valence-electron chi connectivity index (χ2n) is 17.5. The lowest BCUT2D eigenvalue weighted by Gasteiger charge is -2.67. The van der Waals surface area contributed by atoms with Crippen molar-refractivity contribution in [3.8, 4) is 5.75 Å². The molecule has 334 valence electrons. The lowest BCUT2D eigenvalue weighted by molar-refractivity contribution is -0.346. The molecule has 3 aliphatic carbocycles. The summed E-state index contributed by atoms with van der Waals surface area (Å²) in [6, 6.07) is 19.7. The molecule has 3 aromatic carbocycles. The zero-order valence-electron chi connectivity index (χ0n) is 35.6. The lowest BCUT2D eigenvalue weighted by Crippen LogP contribution is -2.82. The second kappa shape index (κ2) is 16.6. The Hall–Kier alpha value is -5.94. The Kier molecular flexibility index (Phi) is 11.9. The number of Topliss-reactive ketones (excluding diaryl/α,β-unsaturated/α-hetero) is 1. The third-order valence-electron chi connectivity index (χ3n) is 13.6. The van der Waals surface area contributed by atoms with Crippen LogP contribution in [0.2, 0.25) is 0 Å². The predicted octanol–water partition coefficient (Wildman–Crippen LogP) is 3.44. The number of esters is 4. The molecule has 1 heterocycles. The Morgan fingerprint density at radius 1 is 0.841 bits per heavy atom. The van der Waals surface area contributed by atoms with Gasteiger partial charge in [0.2, 0.25) is 0 Å².